The van der Waals surface area contributed by atoms with Gasteiger partial charge in [-0.2, -0.15) is 0 Å². The molecule has 0 saturated heterocycles. The fourth-order valence-corrected chi connectivity index (χ4v) is 2.41. The molecule has 0 bridgehead atoms. The fraction of sp³-hybridized carbons (Fsp3) is 0.533. The average molecular weight is 247 g/mol. The molecule has 1 aliphatic heterocycles. The van der Waals surface area contributed by atoms with Gasteiger partial charge in [-0.15, -0.1) is 0 Å². The molecule has 0 radical (unpaired) electrons. The first-order valence-electron chi connectivity index (χ1n) is 6.73. The second-order valence-electron chi connectivity index (χ2n) is 4.75. The van der Waals surface area contributed by atoms with Gasteiger partial charge in [0.05, 0.1) is 7.11 Å². The molecule has 0 spiro atoms. The maximum absolute atomic E-state index is 12.1. The van der Waals surface area contributed by atoms with Crippen LogP contribution in [0.1, 0.15) is 38.2 Å². The topological polar surface area (TPSA) is 29.5 Å². The molecule has 1 amide bonds. The Morgan fingerprint density at radius 3 is 2.89 bits per heavy atom. The van der Waals surface area contributed by atoms with E-state index in [0.29, 0.717) is 6.42 Å². The van der Waals surface area contributed by atoms with E-state index in [1.807, 2.05) is 17.0 Å². The highest BCUT2D eigenvalue weighted by atomic mass is 16.5. The number of nitrogens with zero attached hydrogens (tertiary/aromatic N) is 1. The second-order valence-corrected chi connectivity index (χ2v) is 4.75. The molecule has 3 heteroatoms. The number of benzene rings is 1. The van der Waals surface area contributed by atoms with Crippen molar-refractivity contribution in [1.29, 1.82) is 0 Å². The predicted octanol–water partition coefficient (Wildman–Crippen LogP) is 3.16. The summed E-state index contributed by atoms with van der Waals surface area (Å²) in [5, 5.41) is 0. The molecule has 0 aromatic heterocycles. The van der Waals surface area contributed by atoms with Gasteiger partial charge in [-0.05, 0) is 43.0 Å². The third-order valence-electron chi connectivity index (χ3n) is 3.45. The lowest BCUT2D eigenvalue weighted by Gasteiger charge is -2.23. The Labute approximate surface area is 109 Å². The van der Waals surface area contributed by atoms with Crippen molar-refractivity contribution in [3.63, 3.8) is 0 Å². The molecule has 0 saturated carbocycles. The van der Waals surface area contributed by atoms with E-state index in [4.69, 9.17) is 4.74 Å². The van der Waals surface area contributed by atoms with Crippen molar-refractivity contribution in [2.75, 3.05) is 18.6 Å². The maximum Gasteiger partial charge on any atom is 0.226 e. The molecule has 98 valence electrons. The highest BCUT2D eigenvalue weighted by molar-refractivity contribution is 5.94. The van der Waals surface area contributed by atoms with Crippen LogP contribution in [0.2, 0.25) is 0 Å². The zero-order chi connectivity index (χ0) is 13.0. The number of anilines is 1. The summed E-state index contributed by atoms with van der Waals surface area (Å²) < 4.78 is 5.26. The lowest BCUT2D eigenvalue weighted by Crippen LogP contribution is -2.31. The molecule has 2 rings (SSSR count). The van der Waals surface area contributed by atoms with Crippen LogP contribution >= 0.6 is 0 Å². The first-order chi connectivity index (χ1) is 8.76. The Kier molecular flexibility index (Phi) is 4.24. The zero-order valence-electron chi connectivity index (χ0n) is 11.2. The van der Waals surface area contributed by atoms with Crippen LogP contribution in [-0.2, 0) is 11.2 Å². The Balaban J connectivity index is 2.32. The fourth-order valence-electron chi connectivity index (χ4n) is 2.41. The minimum atomic E-state index is 0.257. The number of aryl methyl sites for hydroxylation is 1. The summed E-state index contributed by atoms with van der Waals surface area (Å²) in [6.07, 6.45) is 4.70. The standard InChI is InChI=1S/C15H21NO2/c1-3-4-10-16-14-9-8-13(18-2)11-12(14)6-5-7-15(16)17/h8-9,11H,3-7,10H2,1-2H3. The van der Waals surface area contributed by atoms with Crippen LogP contribution in [0.15, 0.2) is 18.2 Å². The van der Waals surface area contributed by atoms with Crippen LogP contribution in [0.5, 0.6) is 5.75 Å². The summed E-state index contributed by atoms with van der Waals surface area (Å²) in [4.78, 5) is 14.1. The molecule has 0 fully saturated rings. The molecule has 0 N–H and O–H groups in total. The van der Waals surface area contributed by atoms with Crippen molar-refractivity contribution in [2.45, 2.75) is 39.0 Å². The Morgan fingerprint density at radius 1 is 1.33 bits per heavy atom. The molecule has 3 nitrogen and oxygen atoms in total. The van der Waals surface area contributed by atoms with E-state index in [1.165, 1.54) is 5.56 Å². The van der Waals surface area contributed by atoms with E-state index < -0.39 is 0 Å². The van der Waals surface area contributed by atoms with Gasteiger partial charge in [0.15, 0.2) is 0 Å². The maximum atomic E-state index is 12.1. The number of rotatable bonds is 4. The summed E-state index contributed by atoms with van der Waals surface area (Å²) in [7, 11) is 1.68. The molecule has 0 atom stereocenters. The third-order valence-corrected chi connectivity index (χ3v) is 3.45. The summed E-state index contributed by atoms with van der Waals surface area (Å²) >= 11 is 0. The van der Waals surface area contributed by atoms with Gasteiger partial charge in [0.2, 0.25) is 5.91 Å². The number of carbonyl (C=O) groups excluding carboxylic acids is 1. The molecule has 1 heterocycles. The number of hydrogen-bond acceptors (Lipinski definition) is 2. The predicted molar refractivity (Wildman–Crippen MR) is 73.2 cm³/mol. The third kappa shape index (κ3) is 2.66. The van der Waals surface area contributed by atoms with Crippen LogP contribution < -0.4 is 9.64 Å². The minimum Gasteiger partial charge on any atom is -0.497 e. The first kappa shape index (κ1) is 12.9. The average Bonchev–Trinajstić information content (AvgIpc) is 2.54. The molecule has 0 unspecified atom stereocenters. The largest absolute Gasteiger partial charge is 0.497 e. The lowest BCUT2D eigenvalue weighted by molar-refractivity contribution is -0.118. The highest BCUT2D eigenvalue weighted by Gasteiger charge is 2.21. The molecule has 1 aliphatic rings. The van der Waals surface area contributed by atoms with E-state index in [9.17, 15) is 4.79 Å². The Bertz CT molecular complexity index is 429. The molecule has 18 heavy (non-hydrogen) atoms. The van der Waals surface area contributed by atoms with Crippen molar-refractivity contribution in [1.82, 2.24) is 0 Å². The van der Waals surface area contributed by atoms with Gasteiger partial charge in [0.25, 0.3) is 0 Å². The van der Waals surface area contributed by atoms with Gasteiger partial charge < -0.3 is 9.64 Å². The number of amides is 1. The van der Waals surface area contributed by atoms with Gasteiger partial charge in [0, 0.05) is 18.7 Å². The SMILES string of the molecule is CCCCN1C(=O)CCCc2cc(OC)ccc21. The van der Waals surface area contributed by atoms with Crippen molar-refractivity contribution >= 4 is 11.6 Å². The first-order valence-corrected chi connectivity index (χ1v) is 6.73. The van der Waals surface area contributed by atoms with Crippen molar-refractivity contribution in [3.8, 4) is 5.75 Å². The number of unbranched alkanes of at least 4 members (excludes halogenated alkanes) is 1. The molecule has 1 aromatic rings. The smallest absolute Gasteiger partial charge is 0.226 e. The second kappa shape index (κ2) is 5.89. The van der Waals surface area contributed by atoms with Crippen LogP contribution in [0.25, 0.3) is 0 Å². The van der Waals surface area contributed by atoms with Gasteiger partial charge in [-0.1, -0.05) is 13.3 Å². The summed E-state index contributed by atoms with van der Waals surface area (Å²) in [6, 6.07) is 6.02. The monoisotopic (exact) mass is 247 g/mol. The van der Waals surface area contributed by atoms with Gasteiger partial charge >= 0.3 is 0 Å². The van der Waals surface area contributed by atoms with Crippen LogP contribution in [0.3, 0.4) is 0 Å². The summed E-state index contributed by atoms with van der Waals surface area (Å²) in [5.74, 6) is 1.13. The Morgan fingerprint density at radius 2 is 2.17 bits per heavy atom. The quantitative estimate of drug-likeness (QED) is 0.818. The minimum absolute atomic E-state index is 0.257. The summed E-state index contributed by atoms with van der Waals surface area (Å²) in [5.41, 5.74) is 2.31. The van der Waals surface area contributed by atoms with Crippen molar-refractivity contribution < 1.29 is 9.53 Å². The Hall–Kier alpha value is -1.51. The van der Waals surface area contributed by atoms with Gasteiger partial charge in [0.1, 0.15) is 5.75 Å². The van der Waals surface area contributed by atoms with E-state index in [0.717, 1.165) is 43.7 Å². The van der Waals surface area contributed by atoms with E-state index in [1.54, 1.807) is 7.11 Å². The number of ether oxygens (including phenoxy) is 1. The van der Waals surface area contributed by atoms with Crippen LogP contribution in [0, 0.1) is 0 Å². The number of carbonyl (C=O) groups is 1. The van der Waals surface area contributed by atoms with Gasteiger partial charge in [-0.25, -0.2) is 0 Å². The number of methoxy groups -OCH3 is 1. The molecule has 0 aliphatic carbocycles. The van der Waals surface area contributed by atoms with Crippen molar-refractivity contribution in [3.05, 3.63) is 23.8 Å². The zero-order valence-corrected chi connectivity index (χ0v) is 11.2. The van der Waals surface area contributed by atoms with E-state index in [-0.39, 0.29) is 5.91 Å². The lowest BCUT2D eigenvalue weighted by atomic mass is 10.1. The number of fused-ring (bicyclic) bond motifs is 1. The number of hydrogen-bond donors (Lipinski definition) is 0. The van der Waals surface area contributed by atoms with E-state index >= 15 is 0 Å². The highest BCUT2D eigenvalue weighted by Crippen LogP contribution is 2.30. The molecular weight excluding hydrogens is 226 g/mol. The van der Waals surface area contributed by atoms with Crippen LogP contribution in [0.4, 0.5) is 5.69 Å². The summed E-state index contributed by atoms with van der Waals surface area (Å²) in [6.45, 7) is 2.98. The molecular formula is C15H21NO2. The normalized spacial score (nSPS) is 15.2. The van der Waals surface area contributed by atoms with Gasteiger partial charge in [-0.3, -0.25) is 4.79 Å². The van der Waals surface area contributed by atoms with Crippen LogP contribution in [-0.4, -0.2) is 19.6 Å². The molecule has 1 aromatic carbocycles. The van der Waals surface area contributed by atoms with Crippen molar-refractivity contribution in [2.24, 2.45) is 0 Å². The van der Waals surface area contributed by atoms with E-state index in [2.05, 4.69) is 13.0 Å².